The predicted molar refractivity (Wildman–Crippen MR) is 125 cm³/mol. The first-order valence-corrected chi connectivity index (χ1v) is 10.8. The molecular formula is C24H24ClFN4O4. The van der Waals surface area contributed by atoms with Gasteiger partial charge in [0.25, 0.3) is 5.91 Å². The molecule has 0 radical (unpaired) electrons. The molecule has 0 spiro atoms. The molecule has 1 aromatic heterocycles. The van der Waals surface area contributed by atoms with E-state index in [9.17, 15) is 18.8 Å². The first-order valence-electron chi connectivity index (χ1n) is 10.5. The second kappa shape index (κ2) is 10.9. The number of hydrogen-bond acceptors (Lipinski definition) is 5. The summed E-state index contributed by atoms with van der Waals surface area (Å²) < 4.78 is 20.2. The summed E-state index contributed by atoms with van der Waals surface area (Å²) in [5, 5.41) is 4.99. The Morgan fingerprint density at radius 1 is 1.12 bits per heavy atom. The third kappa shape index (κ3) is 5.99. The zero-order chi connectivity index (χ0) is 24.8. The van der Waals surface area contributed by atoms with Crippen LogP contribution in [0.4, 0.5) is 10.1 Å². The van der Waals surface area contributed by atoms with Crippen molar-refractivity contribution in [3.05, 3.63) is 81.9 Å². The largest absolute Gasteiger partial charge is 0.452 e. The minimum atomic E-state index is -0.706. The Hall–Kier alpha value is -3.72. The van der Waals surface area contributed by atoms with E-state index in [1.807, 2.05) is 18.2 Å². The molecule has 0 aliphatic rings. The lowest BCUT2D eigenvalue weighted by molar-refractivity contribution is -0.121. The van der Waals surface area contributed by atoms with E-state index >= 15 is 0 Å². The monoisotopic (exact) mass is 486 g/mol. The van der Waals surface area contributed by atoms with Crippen LogP contribution >= 0.6 is 11.6 Å². The fraction of sp³-hybridized carbons (Fsp3) is 0.250. The number of halogens is 2. The first-order chi connectivity index (χ1) is 16.2. The lowest BCUT2D eigenvalue weighted by atomic mass is 10.2. The number of amides is 2. The molecule has 0 fully saturated rings. The Morgan fingerprint density at radius 3 is 2.44 bits per heavy atom. The molecule has 3 aromatic rings. The number of anilines is 1. The van der Waals surface area contributed by atoms with E-state index in [1.54, 1.807) is 24.6 Å². The maximum Gasteiger partial charge on any atom is 0.342 e. The Kier molecular flexibility index (Phi) is 8.01. The van der Waals surface area contributed by atoms with E-state index in [-0.39, 0.29) is 18.5 Å². The number of primary amides is 1. The number of rotatable bonds is 9. The van der Waals surface area contributed by atoms with Crippen molar-refractivity contribution in [3.8, 4) is 0 Å². The maximum absolute atomic E-state index is 13.3. The molecule has 0 bridgehead atoms. The summed E-state index contributed by atoms with van der Waals surface area (Å²) in [6, 6.07) is 12.5. The molecule has 178 valence electrons. The number of nitrogens with zero attached hydrogens (tertiary/aromatic N) is 3. The third-order valence-electron chi connectivity index (χ3n) is 5.21. The van der Waals surface area contributed by atoms with Crippen LogP contribution < -0.4 is 10.6 Å². The van der Waals surface area contributed by atoms with Crippen molar-refractivity contribution >= 4 is 35.1 Å². The van der Waals surface area contributed by atoms with Crippen molar-refractivity contribution in [1.82, 2.24) is 9.78 Å². The highest BCUT2D eigenvalue weighted by atomic mass is 35.5. The van der Waals surface area contributed by atoms with Crippen LogP contribution in [0.25, 0.3) is 0 Å². The van der Waals surface area contributed by atoms with Crippen LogP contribution in [0, 0.1) is 19.7 Å². The van der Waals surface area contributed by atoms with Crippen LogP contribution in [0.15, 0.2) is 48.5 Å². The molecule has 2 aromatic carbocycles. The summed E-state index contributed by atoms with van der Waals surface area (Å²) in [7, 11) is 0. The summed E-state index contributed by atoms with van der Waals surface area (Å²) in [5.74, 6) is -2.37. The predicted octanol–water partition coefficient (Wildman–Crippen LogP) is 3.41. The molecule has 0 atom stereocenters. The zero-order valence-corrected chi connectivity index (χ0v) is 19.5. The summed E-state index contributed by atoms with van der Waals surface area (Å²) in [6.45, 7) is 3.15. The number of nitrogens with two attached hydrogens (primary N) is 1. The fourth-order valence-corrected chi connectivity index (χ4v) is 3.65. The Balaban J connectivity index is 1.72. The van der Waals surface area contributed by atoms with Crippen LogP contribution in [-0.4, -0.2) is 40.7 Å². The van der Waals surface area contributed by atoms with Crippen molar-refractivity contribution in [1.29, 1.82) is 0 Å². The smallest absolute Gasteiger partial charge is 0.342 e. The molecule has 0 unspecified atom stereocenters. The van der Waals surface area contributed by atoms with Gasteiger partial charge < -0.3 is 15.4 Å². The lowest BCUT2D eigenvalue weighted by Gasteiger charge is -2.22. The lowest BCUT2D eigenvalue weighted by Crippen LogP contribution is -2.37. The van der Waals surface area contributed by atoms with Crippen LogP contribution in [0.1, 0.15) is 33.7 Å². The van der Waals surface area contributed by atoms with E-state index in [4.69, 9.17) is 22.1 Å². The molecule has 0 saturated heterocycles. The average Bonchev–Trinajstić information content (AvgIpc) is 3.07. The van der Waals surface area contributed by atoms with Gasteiger partial charge in [-0.1, -0.05) is 29.8 Å². The van der Waals surface area contributed by atoms with Gasteiger partial charge in [0.15, 0.2) is 6.61 Å². The third-order valence-corrected chi connectivity index (χ3v) is 5.58. The number of benzene rings is 2. The highest BCUT2D eigenvalue weighted by molar-refractivity contribution is 6.31. The van der Waals surface area contributed by atoms with Gasteiger partial charge in [-0.3, -0.25) is 14.3 Å². The van der Waals surface area contributed by atoms with Gasteiger partial charge in [0, 0.05) is 23.7 Å². The van der Waals surface area contributed by atoms with E-state index in [0.717, 1.165) is 5.56 Å². The molecule has 2 amide bonds. The SMILES string of the molecule is Cc1nn(Cc2ccccc2Cl)c(C)c1C(=O)OCC(=O)N(CCC(N)=O)c1ccc(F)cc1. The van der Waals surface area contributed by atoms with Crippen LogP contribution in [0.2, 0.25) is 5.02 Å². The van der Waals surface area contributed by atoms with Gasteiger partial charge >= 0.3 is 5.97 Å². The second-order valence-corrected chi connectivity index (χ2v) is 8.02. The van der Waals surface area contributed by atoms with Gasteiger partial charge in [-0.05, 0) is 49.7 Å². The van der Waals surface area contributed by atoms with Gasteiger partial charge in [-0.25, -0.2) is 9.18 Å². The van der Waals surface area contributed by atoms with Gasteiger partial charge in [0.05, 0.1) is 17.9 Å². The molecule has 0 aliphatic heterocycles. The number of hydrogen-bond donors (Lipinski definition) is 1. The minimum absolute atomic E-state index is 0.0365. The van der Waals surface area contributed by atoms with Gasteiger partial charge in [-0.2, -0.15) is 5.10 Å². The average molecular weight is 487 g/mol. The summed E-state index contributed by atoms with van der Waals surface area (Å²) >= 11 is 6.23. The van der Waals surface area contributed by atoms with E-state index in [0.29, 0.717) is 28.6 Å². The van der Waals surface area contributed by atoms with Crippen LogP contribution in [0.5, 0.6) is 0 Å². The van der Waals surface area contributed by atoms with Crippen molar-refractivity contribution in [2.24, 2.45) is 5.73 Å². The van der Waals surface area contributed by atoms with Gasteiger partial charge in [0.1, 0.15) is 11.4 Å². The molecule has 0 aliphatic carbocycles. The Bertz CT molecular complexity index is 1210. The quantitative estimate of drug-likeness (QED) is 0.466. The summed E-state index contributed by atoms with van der Waals surface area (Å²) in [4.78, 5) is 38.0. The van der Waals surface area contributed by atoms with Crippen molar-refractivity contribution in [3.63, 3.8) is 0 Å². The molecule has 3 rings (SSSR count). The van der Waals surface area contributed by atoms with Crippen LogP contribution in [-0.2, 0) is 20.9 Å². The molecule has 10 heteroatoms. The first kappa shape index (κ1) is 24.9. The number of aryl methyl sites for hydroxylation is 1. The van der Waals surface area contributed by atoms with Gasteiger partial charge in [-0.15, -0.1) is 0 Å². The van der Waals surface area contributed by atoms with Crippen molar-refractivity contribution in [2.45, 2.75) is 26.8 Å². The molecule has 2 N–H and O–H groups in total. The van der Waals surface area contributed by atoms with E-state index < -0.39 is 30.2 Å². The maximum atomic E-state index is 13.3. The summed E-state index contributed by atoms with van der Waals surface area (Å²) in [5.41, 5.74) is 7.67. The number of aromatic nitrogens is 2. The molecular weight excluding hydrogens is 463 g/mol. The molecule has 1 heterocycles. The molecule has 8 nitrogen and oxygen atoms in total. The number of carbonyl (C=O) groups is 3. The highest BCUT2D eigenvalue weighted by Gasteiger charge is 2.23. The van der Waals surface area contributed by atoms with E-state index in [2.05, 4.69) is 5.10 Å². The number of ether oxygens (including phenoxy) is 1. The Morgan fingerprint density at radius 2 is 1.79 bits per heavy atom. The van der Waals surface area contributed by atoms with E-state index in [1.165, 1.54) is 29.2 Å². The second-order valence-electron chi connectivity index (χ2n) is 7.61. The molecule has 0 saturated carbocycles. The summed E-state index contributed by atoms with van der Waals surface area (Å²) in [6.07, 6.45) is -0.107. The Labute approximate surface area is 201 Å². The van der Waals surface area contributed by atoms with Crippen molar-refractivity contribution in [2.75, 3.05) is 18.1 Å². The normalized spacial score (nSPS) is 10.7. The molecule has 34 heavy (non-hydrogen) atoms. The van der Waals surface area contributed by atoms with Crippen LogP contribution in [0.3, 0.4) is 0 Å². The zero-order valence-electron chi connectivity index (χ0n) is 18.8. The minimum Gasteiger partial charge on any atom is -0.452 e. The highest BCUT2D eigenvalue weighted by Crippen LogP contribution is 2.21. The number of esters is 1. The topological polar surface area (TPSA) is 108 Å². The number of carbonyl (C=O) groups excluding carboxylic acids is 3. The fourth-order valence-electron chi connectivity index (χ4n) is 3.45. The standard InChI is InChI=1S/C24H24ClFN4O4/c1-15-23(16(2)30(28-15)13-17-5-3-4-6-20(17)25)24(33)34-14-22(32)29(12-11-21(27)31)19-9-7-18(26)8-10-19/h3-10H,11-14H2,1-2H3,(H2,27,31). The van der Waals surface area contributed by atoms with Crippen molar-refractivity contribution < 1.29 is 23.5 Å². The van der Waals surface area contributed by atoms with Gasteiger partial charge in [0.2, 0.25) is 5.91 Å².